The minimum atomic E-state index is -1.19. The molecule has 1 aromatic carbocycles. The van der Waals surface area contributed by atoms with Crippen LogP contribution in [-0.2, 0) is 0 Å². The predicted molar refractivity (Wildman–Crippen MR) is 52.8 cm³/mol. The van der Waals surface area contributed by atoms with E-state index in [9.17, 15) is 14.9 Å². The molecule has 0 fully saturated rings. The van der Waals surface area contributed by atoms with Crippen LogP contribution in [0.3, 0.4) is 0 Å². The summed E-state index contributed by atoms with van der Waals surface area (Å²) in [6, 6.07) is 2.17. The fourth-order valence-electron chi connectivity index (χ4n) is 0.863. The van der Waals surface area contributed by atoms with Gasteiger partial charge >= 0.3 is 11.7 Å². The molecule has 1 rings (SSSR count). The van der Waals surface area contributed by atoms with E-state index in [1.54, 1.807) is 0 Å². The summed E-state index contributed by atoms with van der Waals surface area (Å²) in [5, 5.41) is 18.9. The third kappa shape index (κ3) is 2.02. The molecule has 0 atom stereocenters. The van der Waals surface area contributed by atoms with Crippen LogP contribution in [0, 0.1) is 10.1 Å². The number of carboxylic acids is 1. The van der Waals surface area contributed by atoms with Crippen molar-refractivity contribution in [2.75, 3.05) is 0 Å². The Bertz CT molecular complexity index is 397. The quantitative estimate of drug-likeness (QED) is 0.667. The molecule has 0 aliphatic heterocycles. The fourth-order valence-corrected chi connectivity index (χ4v) is 1.87. The van der Waals surface area contributed by atoms with Gasteiger partial charge in [-0.1, -0.05) is 11.6 Å². The predicted octanol–water partition coefficient (Wildman–Crippen LogP) is 2.71. The second-order valence-electron chi connectivity index (χ2n) is 2.35. The van der Waals surface area contributed by atoms with Crippen LogP contribution in [0.5, 0.6) is 0 Å². The zero-order valence-electron chi connectivity index (χ0n) is 6.53. The number of carboxylic acid groups (broad SMARTS) is 1. The number of nitro benzene ring substituents is 1. The topological polar surface area (TPSA) is 80.4 Å². The normalized spacial score (nSPS) is 9.86. The highest BCUT2D eigenvalue weighted by Gasteiger charge is 2.20. The molecular weight excluding hydrogens is 277 g/mol. The third-order valence-corrected chi connectivity index (χ3v) is 2.34. The maximum Gasteiger partial charge on any atom is 0.335 e. The molecule has 0 aromatic heterocycles. The Labute approximate surface area is 91.6 Å². The van der Waals surface area contributed by atoms with Crippen molar-refractivity contribution in [1.82, 2.24) is 0 Å². The van der Waals surface area contributed by atoms with E-state index in [4.69, 9.17) is 16.7 Å². The van der Waals surface area contributed by atoms with Gasteiger partial charge in [0.05, 0.1) is 15.0 Å². The average Bonchev–Trinajstić information content (AvgIpc) is 2.01. The van der Waals surface area contributed by atoms with Crippen LogP contribution in [-0.4, -0.2) is 16.0 Å². The van der Waals surface area contributed by atoms with Crippen molar-refractivity contribution in [1.29, 1.82) is 0 Å². The Morgan fingerprint density at radius 2 is 2.14 bits per heavy atom. The number of nitrogens with zero attached hydrogens (tertiary/aromatic N) is 1. The monoisotopic (exact) mass is 279 g/mol. The lowest BCUT2D eigenvalue weighted by Gasteiger charge is -2.00. The van der Waals surface area contributed by atoms with E-state index in [0.717, 1.165) is 12.1 Å². The molecule has 0 heterocycles. The van der Waals surface area contributed by atoms with Gasteiger partial charge in [0.25, 0.3) is 0 Å². The van der Waals surface area contributed by atoms with Gasteiger partial charge in [-0.25, -0.2) is 4.79 Å². The van der Waals surface area contributed by atoms with Crippen molar-refractivity contribution in [3.63, 3.8) is 0 Å². The first-order valence-corrected chi connectivity index (χ1v) is 4.47. The number of hydrogen-bond acceptors (Lipinski definition) is 3. The van der Waals surface area contributed by atoms with Crippen molar-refractivity contribution in [3.05, 3.63) is 37.3 Å². The van der Waals surface area contributed by atoms with E-state index in [1.807, 2.05) is 0 Å². The number of carbonyl (C=O) groups is 1. The van der Waals surface area contributed by atoms with Gasteiger partial charge in [-0.2, -0.15) is 0 Å². The van der Waals surface area contributed by atoms with E-state index in [1.165, 1.54) is 0 Å². The number of nitro groups is 1. The standard InChI is InChI=1S/C7H3BrClNO4/c8-4-1-3(7(11)12)2-5(9)6(4)10(13)14/h1-2H,(H,11,12). The summed E-state index contributed by atoms with van der Waals surface area (Å²) in [6.07, 6.45) is 0. The van der Waals surface area contributed by atoms with Gasteiger partial charge in [0.15, 0.2) is 0 Å². The first-order valence-electron chi connectivity index (χ1n) is 3.30. The first-order chi connectivity index (χ1) is 6.43. The summed E-state index contributed by atoms with van der Waals surface area (Å²) in [5.74, 6) is -1.19. The molecule has 0 saturated heterocycles. The molecule has 1 N–H and O–H groups in total. The Hall–Kier alpha value is -1.14. The SMILES string of the molecule is O=C(O)c1cc(Cl)c([N+](=O)[O-])c(Br)c1. The summed E-state index contributed by atoms with van der Waals surface area (Å²) < 4.78 is 0.0485. The second-order valence-corrected chi connectivity index (χ2v) is 3.61. The fraction of sp³-hybridized carbons (Fsp3) is 0. The van der Waals surface area contributed by atoms with E-state index in [-0.39, 0.29) is 20.7 Å². The van der Waals surface area contributed by atoms with Crippen LogP contribution < -0.4 is 0 Å². The molecule has 7 heteroatoms. The molecule has 0 saturated carbocycles. The van der Waals surface area contributed by atoms with Crippen LogP contribution in [0.4, 0.5) is 5.69 Å². The van der Waals surface area contributed by atoms with E-state index in [2.05, 4.69) is 15.9 Å². The second kappa shape index (κ2) is 3.93. The highest BCUT2D eigenvalue weighted by Crippen LogP contribution is 2.33. The third-order valence-electron chi connectivity index (χ3n) is 1.45. The molecule has 0 aliphatic rings. The average molecular weight is 280 g/mol. The van der Waals surface area contributed by atoms with Gasteiger partial charge in [0.2, 0.25) is 0 Å². The Morgan fingerprint density at radius 3 is 2.50 bits per heavy atom. The van der Waals surface area contributed by atoms with E-state index >= 15 is 0 Å². The molecular formula is C7H3BrClNO4. The highest BCUT2D eigenvalue weighted by molar-refractivity contribution is 9.10. The van der Waals surface area contributed by atoms with Crippen molar-refractivity contribution >= 4 is 39.2 Å². The number of halogens is 2. The molecule has 0 aliphatic carbocycles. The van der Waals surface area contributed by atoms with Gasteiger partial charge in [-0.05, 0) is 28.1 Å². The van der Waals surface area contributed by atoms with E-state index < -0.39 is 10.9 Å². The zero-order chi connectivity index (χ0) is 10.9. The number of benzene rings is 1. The minimum Gasteiger partial charge on any atom is -0.478 e. The summed E-state index contributed by atoms with van der Waals surface area (Å²) in [6.45, 7) is 0. The number of aromatic carboxylic acids is 1. The van der Waals surface area contributed by atoms with Crippen LogP contribution in [0.25, 0.3) is 0 Å². The first kappa shape index (κ1) is 10.9. The van der Waals surface area contributed by atoms with Crippen LogP contribution >= 0.6 is 27.5 Å². The summed E-state index contributed by atoms with van der Waals surface area (Å²) >= 11 is 8.42. The molecule has 0 amide bonds. The molecule has 5 nitrogen and oxygen atoms in total. The molecule has 0 bridgehead atoms. The smallest absolute Gasteiger partial charge is 0.335 e. The molecule has 14 heavy (non-hydrogen) atoms. The van der Waals surface area contributed by atoms with Crippen molar-refractivity contribution in [2.24, 2.45) is 0 Å². The molecule has 0 radical (unpaired) electrons. The van der Waals surface area contributed by atoms with Crippen LogP contribution in [0.1, 0.15) is 10.4 Å². The van der Waals surface area contributed by atoms with Crippen molar-refractivity contribution in [3.8, 4) is 0 Å². The van der Waals surface area contributed by atoms with Gasteiger partial charge in [-0.3, -0.25) is 10.1 Å². The maximum absolute atomic E-state index is 10.5. The highest BCUT2D eigenvalue weighted by atomic mass is 79.9. The molecule has 74 valence electrons. The van der Waals surface area contributed by atoms with Crippen LogP contribution in [0.15, 0.2) is 16.6 Å². The molecule has 0 spiro atoms. The van der Waals surface area contributed by atoms with Crippen LogP contribution in [0.2, 0.25) is 5.02 Å². The van der Waals surface area contributed by atoms with Gasteiger partial charge in [0, 0.05) is 0 Å². The summed E-state index contributed by atoms with van der Waals surface area (Å²) in [7, 11) is 0. The Morgan fingerprint density at radius 1 is 1.57 bits per heavy atom. The summed E-state index contributed by atoms with van der Waals surface area (Å²) in [5.41, 5.74) is -0.441. The van der Waals surface area contributed by atoms with Gasteiger partial charge in [0.1, 0.15) is 5.02 Å². The number of hydrogen-bond donors (Lipinski definition) is 1. The largest absolute Gasteiger partial charge is 0.478 e. The molecule has 0 unspecified atom stereocenters. The lowest BCUT2D eigenvalue weighted by Crippen LogP contribution is -1.98. The van der Waals surface area contributed by atoms with Crippen molar-refractivity contribution < 1.29 is 14.8 Å². The van der Waals surface area contributed by atoms with Gasteiger partial charge in [-0.15, -0.1) is 0 Å². The Kier molecular flexibility index (Phi) is 3.07. The summed E-state index contributed by atoms with van der Waals surface area (Å²) in [4.78, 5) is 20.3. The minimum absolute atomic E-state index is 0.0485. The lowest BCUT2D eigenvalue weighted by molar-refractivity contribution is -0.385. The molecule has 1 aromatic rings. The number of rotatable bonds is 2. The zero-order valence-corrected chi connectivity index (χ0v) is 8.87. The van der Waals surface area contributed by atoms with Crippen molar-refractivity contribution in [2.45, 2.75) is 0 Å². The van der Waals surface area contributed by atoms with E-state index in [0.29, 0.717) is 0 Å². The lowest BCUT2D eigenvalue weighted by atomic mass is 10.2. The maximum atomic E-state index is 10.5. The van der Waals surface area contributed by atoms with Gasteiger partial charge < -0.3 is 5.11 Å². The Balaban J connectivity index is 3.39.